The van der Waals surface area contributed by atoms with Gasteiger partial charge in [-0.1, -0.05) is 0 Å². The maximum atomic E-state index is 11.5. The number of amides is 1. The third-order valence-corrected chi connectivity index (χ3v) is 2.72. The minimum Gasteiger partial charge on any atom is -0.444 e. The summed E-state index contributed by atoms with van der Waals surface area (Å²) >= 11 is 0. The number of rotatable bonds is 3. The van der Waals surface area contributed by atoms with Crippen LogP contribution in [0.5, 0.6) is 0 Å². The molecule has 0 spiro atoms. The Bertz CT molecular complexity index is 246. The summed E-state index contributed by atoms with van der Waals surface area (Å²) in [7, 11) is 4.12. The maximum Gasteiger partial charge on any atom is 0.407 e. The van der Waals surface area contributed by atoms with Gasteiger partial charge in [0.15, 0.2) is 0 Å². The lowest BCUT2D eigenvalue weighted by atomic mass is 9.79. The summed E-state index contributed by atoms with van der Waals surface area (Å²) < 4.78 is 5.23. The Kier molecular flexibility index (Phi) is 4.19. The van der Waals surface area contributed by atoms with Crippen molar-refractivity contribution in [2.75, 3.05) is 20.6 Å². The second-order valence-corrected chi connectivity index (χ2v) is 5.85. The third kappa shape index (κ3) is 4.39. The summed E-state index contributed by atoms with van der Waals surface area (Å²) in [5, 5.41) is 2.94. The monoisotopic (exact) mass is 228 g/mol. The van der Waals surface area contributed by atoms with Crippen LogP contribution in [0.3, 0.4) is 0 Å². The quantitative estimate of drug-likeness (QED) is 0.801. The van der Waals surface area contributed by atoms with E-state index in [1.54, 1.807) is 0 Å². The largest absolute Gasteiger partial charge is 0.444 e. The predicted octanol–water partition coefficient (Wildman–Crippen LogP) is 1.85. The summed E-state index contributed by atoms with van der Waals surface area (Å²) in [5.41, 5.74) is -0.412. The molecule has 4 heteroatoms. The zero-order chi connectivity index (χ0) is 12.3. The molecule has 0 bridgehead atoms. The first-order valence-corrected chi connectivity index (χ1v) is 5.92. The Hall–Kier alpha value is -0.770. The molecule has 0 aromatic carbocycles. The molecule has 1 N–H and O–H groups in total. The molecular formula is C12H24N2O2. The zero-order valence-corrected chi connectivity index (χ0v) is 11.0. The molecule has 0 aromatic heterocycles. The van der Waals surface area contributed by atoms with E-state index in [9.17, 15) is 4.79 Å². The number of alkyl carbamates (subject to hydrolysis) is 1. The summed E-state index contributed by atoms with van der Waals surface area (Å²) in [6.07, 6.45) is 1.97. The molecule has 0 unspecified atom stereocenters. The van der Waals surface area contributed by atoms with Gasteiger partial charge in [-0.05, 0) is 53.6 Å². The normalized spacial score (nSPS) is 25.1. The van der Waals surface area contributed by atoms with Gasteiger partial charge in [-0.2, -0.15) is 0 Å². The average molecular weight is 228 g/mol. The number of nitrogens with one attached hydrogen (secondary N) is 1. The molecule has 1 fully saturated rings. The fourth-order valence-electron chi connectivity index (χ4n) is 1.91. The molecule has 0 aromatic rings. The van der Waals surface area contributed by atoms with E-state index in [-0.39, 0.29) is 12.1 Å². The molecular weight excluding hydrogens is 204 g/mol. The van der Waals surface area contributed by atoms with Gasteiger partial charge in [-0.25, -0.2) is 4.79 Å². The molecule has 0 saturated heterocycles. The van der Waals surface area contributed by atoms with E-state index in [4.69, 9.17) is 4.74 Å². The Balaban J connectivity index is 2.30. The van der Waals surface area contributed by atoms with E-state index in [2.05, 4.69) is 24.3 Å². The third-order valence-electron chi connectivity index (χ3n) is 2.72. The lowest BCUT2D eigenvalue weighted by Crippen LogP contribution is -2.51. The molecule has 2 atom stereocenters. The van der Waals surface area contributed by atoms with Crippen LogP contribution in [-0.4, -0.2) is 43.3 Å². The van der Waals surface area contributed by atoms with Crippen molar-refractivity contribution in [3.63, 3.8) is 0 Å². The topological polar surface area (TPSA) is 41.6 Å². The molecule has 1 aliphatic carbocycles. The van der Waals surface area contributed by atoms with Crippen molar-refractivity contribution in [1.82, 2.24) is 10.2 Å². The molecule has 0 heterocycles. The van der Waals surface area contributed by atoms with Crippen LogP contribution >= 0.6 is 0 Å². The van der Waals surface area contributed by atoms with Gasteiger partial charge in [0.05, 0.1) is 0 Å². The van der Waals surface area contributed by atoms with E-state index in [0.29, 0.717) is 5.92 Å². The number of ether oxygens (including phenoxy) is 1. The summed E-state index contributed by atoms with van der Waals surface area (Å²) in [5.74, 6) is 0.572. The lowest BCUT2D eigenvalue weighted by Gasteiger charge is -2.38. The van der Waals surface area contributed by atoms with E-state index in [1.807, 2.05) is 20.8 Å². The number of nitrogens with zero attached hydrogens (tertiary/aromatic N) is 1. The first kappa shape index (κ1) is 13.3. The van der Waals surface area contributed by atoms with Crippen LogP contribution in [0.25, 0.3) is 0 Å². The number of hydrogen-bond donors (Lipinski definition) is 1. The average Bonchev–Trinajstić information content (AvgIpc) is 2.06. The van der Waals surface area contributed by atoms with Gasteiger partial charge in [0.2, 0.25) is 0 Å². The minimum atomic E-state index is -0.412. The fraction of sp³-hybridized carbons (Fsp3) is 0.917. The smallest absolute Gasteiger partial charge is 0.407 e. The van der Waals surface area contributed by atoms with Crippen LogP contribution in [0.2, 0.25) is 0 Å². The van der Waals surface area contributed by atoms with Gasteiger partial charge < -0.3 is 15.0 Å². The van der Waals surface area contributed by atoms with Crippen LogP contribution in [-0.2, 0) is 4.74 Å². The van der Waals surface area contributed by atoms with Crippen LogP contribution in [0.1, 0.15) is 33.6 Å². The minimum absolute atomic E-state index is 0.289. The SMILES string of the molecule is CN(C)C[C@H]1CC[C@@H]1NC(=O)OC(C)(C)C. The van der Waals surface area contributed by atoms with Crippen LogP contribution in [0.4, 0.5) is 4.79 Å². The highest BCUT2D eigenvalue weighted by Crippen LogP contribution is 2.28. The van der Waals surface area contributed by atoms with Crippen molar-refractivity contribution < 1.29 is 9.53 Å². The molecule has 94 valence electrons. The molecule has 1 saturated carbocycles. The van der Waals surface area contributed by atoms with Crippen molar-refractivity contribution in [3.8, 4) is 0 Å². The standard InChI is InChI=1S/C12H24N2O2/c1-12(2,3)16-11(15)13-10-7-6-9(10)8-14(4)5/h9-10H,6-8H2,1-5H3,(H,13,15)/t9-,10+/m1/s1. The lowest BCUT2D eigenvalue weighted by molar-refractivity contribution is 0.0420. The van der Waals surface area contributed by atoms with Gasteiger partial charge in [0.1, 0.15) is 5.60 Å². The second kappa shape index (κ2) is 5.04. The highest BCUT2D eigenvalue weighted by molar-refractivity contribution is 5.68. The van der Waals surface area contributed by atoms with E-state index < -0.39 is 5.60 Å². The van der Waals surface area contributed by atoms with Crippen LogP contribution in [0.15, 0.2) is 0 Å². The van der Waals surface area contributed by atoms with Crippen molar-refractivity contribution in [2.45, 2.75) is 45.3 Å². The molecule has 0 radical (unpaired) electrons. The first-order chi connectivity index (χ1) is 7.28. The molecule has 4 nitrogen and oxygen atoms in total. The number of carbonyl (C=O) groups excluding carboxylic acids is 1. The van der Waals surface area contributed by atoms with Crippen molar-refractivity contribution in [2.24, 2.45) is 5.92 Å². The highest BCUT2D eigenvalue weighted by Gasteiger charge is 2.33. The van der Waals surface area contributed by atoms with E-state index >= 15 is 0 Å². The number of hydrogen-bond acceptors (Lipinski definition) is 3. The van der Waals surface area contributed by atoms with Gasteiger partial charge in [-0.3, -0.25) is 0 Å². The highest BCUT2D eigenvalue weighted by atomic mass is 16.6. The van der Waals surface area contributed by atoms with E-state index in [0.717, 1.165) is 13.0 Å². The van der Waals surface area contributed by atoms with Crippen molar-refractivity contribution >= 4 is 6.09 Å². The molecule has 16 heavy (non-hydrogen) atoms. The Labute approximate surface area is 98.3 Å². The first-order valence-electron chi connectivity index (χ1n) is 5.92. The van der Waals surface area contributed by atoms with Gasteiger partial charge in [0.25, 0.3) is 0 Å². The van der Waals surface area contributed by atoms with Gasteiger partial charge >= 0.3 is 6.09 Å². The Morgan fingerprint density at radius 2 is 2.00 bits per heavy atom. The van der Waals surface area contributed by atoms with Gasteiger partial charge in [0, 0.05) is 12.6 Å². The fourth-order valence-corrected chi connectivity index (χ4v) is 1.91. The van der Waals surface area contributed by atoms with Crippen molar-refractivity contribution in [3.05, 3.63) is 0 Å². The molecule has 1 rings (SSSR count). The Morgan fingerprint density at radius 1 is 1.38 bits per heavy atom. The zero-order valence-electron chi connectivity index (χ0n) is 11.0. The molecule has 0 aliphatic heterocycles. The summed E-state index contributed by atoms with van der Waals surface area (Å²) in [6, 6.07) is 0.289. The van der Waals surface area contributed by atoms with Gasteiger partial charge in [-0.15, -0.1) is 0 Å². The Morgan fingerprint density at radius 3 is 2.38 bits per heavy atom. The summed E-state index contributed by atoms with van der Waals surface area (Å²) in [6.45, 7) is 6.67. The summed E-state index contributed by atoms with van der Waals surface area (Å²) in [4.78, 5) is 13.7. The van der Waals surface area contributed by atoms with Crippen LogP contribution in [0, 0.1) is 5.92 Å². The predicted molar refractivity (Wildman–Crippen MR) is 64.4 cm³/mol. The van der Waals surface area contributed by atoms with Crippen molar-refractivity contribution in [1.29, 1.82) is 0 Å². The molecule has 1 amide bonds. The number of carbonyl (C=O) groups is 1. The molecule has 1 aliphatic rings. The van der Waals surface area contributed by atoms with Crippen LogP contribution < -0.4 is 5.32 Å². The van der Waals surface area contributed by atoms with E-state index in [1.165, 1.54) is 6.42 Å². The maximum absolute atomic E-state index is 11.5. The second-order valence-electron chi connectivity index (χ2n) is 5.85.